The minimum atomic E-state index is -0.163. The molecule has 1 heterocycles. The van der Waals surface area contributed by atoms with Gasteiger partial charge in [0.1, 0.15) is 0 Å². The molecule has 0 saturated carbocycles. The number of rotatable bonds is 6. The molecule has 1 fully saturated rings. The van der Waals surface area contributed by atoms with Gasteiger partial charge in [-0.2, -0.15) is 0 Å². The smallest absolute Gasteiger partial charge is 0.253 e. The first-order valence-corrected chi connectivity index (χ1v) is 7.50. The second kappa shape index (κ2) is 7.96. The third-order valence-corrected chi connectivity index (χ3v) is 3.51. The summed E-state index contributed by atoms with van der Waals surface area (Å²) in [5, 5.41) is 0. The second-order valence-corrected chi connectivity index (χ2v) is 4.97. The summed E-state index contributed by atoms with van der Waals surface area (Å²) in [5.41, 5.74) is 1.82. The molecular formula is C17H23NO3. The SMILES string of the molecule is C/C=C/c1ccc(C(=O)N(CC)CCC2OCCO2)cc1. The van der Waals surface area contributed by atoms with E-state index in [9.17, 15) is 4.79 Å². The monoisotopic (exact) mass is 289 g/mol. The van der Waals surface area contributed by atoms with Crippen LogP contribution in [0.25, 0.3) is 6.08 Å². The number of hydrogen-bond donors (Lipinski definition) is 0. The van der Waals surface area contributed by atoms with E-state index in [1.807, 2.05) is 55.2 Å². The van der Waals surface area contributed by atoms with Gasteiger partial charge in [0.2, 0.25) is 0 Å². The molecule has 4 nitrogen and oxygen atoms in total. The predicted octanol–water partition coefficient (Wildman–Crippen LogP) is 2.94. The zero-order valence-corrected chi connectivity index (χ0v) is 12.7. The molecule has 21 heavy (non-hydrogen) atoms. The molecule has 0 N–H and O–H groups in total. The van der Waals surface area contributed by atoms with Gasteiger partial charge in [0.25, 0.3) is 5.91 Å². The van der Waals surface area contributed by atoms with E-state index in [2.05, 4.69) is 0 Å². The van der Waals surface area contributed by atoms with Crippen molar-refractivity contribution in [1.82, 2.24) is 4.90 Å². The highest BCUT2D eigenvalue weighted by molar-refractivity contribution is 5.94. The maximum Gasteiger partial charge on any atom is 0.253 e. The van der Waals surface area contributed by atoms with Crippen LogP contribution in [0.2, 0.25) is 0 Å². The third kappa shape index (κ3) is 4.41. The molecule has 1 aromatic carbocycles. The van der Waals surface area contributed by atoms with Gasteiger partial charge in [0, 0.05) is 25.1 Å². The number of benzene rings is 1. The van der Waals surface area contributed by atoms with E-state index in [4.69, 9.17) is 9.47 Å². The van der Waals surface area contributed by atoms with Gasteiger partial charge in [0.05, 0.1) is 13.2 Å². The van der Waals surface area contributed by atoms with Gasteiger partial charge in [-0.15, -0.1) is 0 Å². The van der Waals surface area contributed by atoms with Gasteiger partial charge in [0.15, 0.2) is 6.29 Å². The fourth-order valence-electron chi connectivity index (χ4n) is 2.35. The number of ether oxygens (including phenoxy) is 2. The maximum atomic E-state index is 12.5. The summed E-state index contributed by atoms with van der Waals surface area (Å²) in [5.74, 6) is 0.0579. The van der Waals surface area contributed by atoms with E-state index >= 15 is 0 Å². The fourth-order valence-corrected chi connectivity index (χ4v) is 2.35. The lowest BCUT2D eigenvalue weighted by Gasteiger charge is -2.22. The fraction of sp³-hybridized carbons (Fsp3) is 0.471. The standard InChI is InChI=1S/C17H23NO3/c1-3-5-14-6-8-15(9-7-14)17(19)18(4-2)11-10-16-20-12-13-21-16/h3,5-9,16H,4,10-13H2,1-2H3/b5-3+. The molecule has 4 heteroatoms. The van der Waals surface area contributed by atoms with Gasteiger partial charge in [-0.1, -0.05) is 24.3 Å². The van der Waals surface area contributed by atoms with Crippen molar-refractivity contribution in [3.05, 3.63) is 41.5 Å². The zero-order chi connectivity index (χ0) is 15.1. The Kier molecular flexibility index (Phi) is 5.96. The average molecular weight is 289 g/mol. The van der Waals surface area contributed by atoms with E-state index < -0.39 is 0 Å². The van der Waals surface area contributed by atoms with E-state index in [0.717, 1.165) is 17.5 Å². The molecule has 0 bridgehead atoms. The van der Waals surface area contributed by atoms with Crippen LogP contribution in [0.15, 0.2) is 30.3 Å². The summed E-state index contributed by atoms with van der Waals surface area (Å²) in [6.07, 6.45) is 4.55. The van der Waals surface area contributed by atoms with Crippen molar-refractivity contribution in [2.45, 2.75) is 26.6 Å². The minimum absolute atomic E-state index is 0.0579. The van der Waals surface area contributed by atoms with Crippen molar-refractivity contribution < 1.29 is 14.3 Å². The molecule has 2 rings (SSSR count). The number of nitrogens with zero attached hydrogens (tertiary/aromatic N) is 1. The van der Waals surface area contributed by atoms with Crippen LogP contribution in [0.1, 0.15) is 36.2 Å². The zero-order valence-electron chi connectivity index (χ0n) is 12.7. The van der Waals surface area contributed by atoms with Crippen LogP contribution < -0.4 is 0 Å². The van der Waals surface area contributed by atoms with Crippen LogP contribution in [0.4, 0.5) is 0 Å². The van der Waals surface area contributed by atoms with Crippen LogP contribution >= 0.6 is 0 Å². The molecule has 0 spiro atoms. The van der Waals surface area contributed by atoms with E-state index in [0.29, 0.717) is 26.3 Å². The summed E-state index contributed by atoms with van der Waals surface area (Å²) in [6.45, 7) is 6.60. The van der Waals surface area contributed by atoms with E-state index in [1.54, 1.807) is 0 Å². The topological polar surface area (TPSA) is 38.8 Å². The summed E-state index contributed by atoms with van der Waals surface area (Å²) in [4.78, 5) is 14.3. The van der Waals surface area contributed by atoms with Gasteiger partial charge in [-0.25, -0.2) is 0 Å². The highest BCUT2D eigenvalue weighted by Crippen LogP contribution is 2.12. The van der Waals surface area contributed by atoms with Crippen molar-refractivity contribution >= 4 is 12.0 Å². The van der Waals surface area contributed by atoms with Crippen LogP contribution in [-0.2, 0) is 9.47 Å². The van der Waals surface area contributed by atoms with Crippen LogP contribution in [0.5, 0.6) is 0 Å². The highest BCUT2D eigenvalue weighted by atomic mass is 16.7. The van der Waals surface area contributed by atoms with E-state index in [-0.39, 0.29) is 12.2 Å². The van der Waals surface area contributed by atoms with Crippen molar-refractivity contribution in [3.63, 3.8) is 0 Å². The third-order valence-electron chi connectivity index (χ3n) is 3.51. The maximum absolute atomic E-state index is 12.5. The molecule has 1 aliphatic rings. The van der Waals surface area contributed by atoms with Gasteiger partial charge >= 0.3 is 0 Å². The number of hydrogen-bond acceptors (Lipinski definition) is 3. The lowest BCUT2D eigenvalue weighted by molar-refractivity contribution is -0.0500. The molecule has 1 saturated heterocycles. The largest absolute Gasteiger partial charge is 0.350 e. The number of carbonyl (C=O) groups excluding carboxylic acids is 1. The van der Waals surface area contributed by atoms with Crippen molar-refractivity contribution in [3.8, 4) is 0 Å². The highest BCUT2D eigenvalue weighted by Gasteiger charge is 2.19. The minimum Gasteiger partial charge on any atom is -0.350 e. The quantitative estimate of drug-likeness (QED) is 0.808. The average Bonchev–Trinajstić information content (AvgIpc) is 3.02. The summed E-state index contributed by atoms with van der Waals surface area (Å²) in [6, 6.07) is 7.68. The number of amides is 1. The molecule has 0 aliphatic carbocycles. The first-order chi connectivity index (χ1) is 10.2. The molecule has 114 valence electrons. The van der Waals surface area contributed by atoms with Crippen LogP contribution in [0, 0.1) is 0 Å². The first kappa shape index (κ1) is 15.7. The van der Waals surface area contributed by atoms with Gasteiger partial charge in [-0.3, -0.25) is 4.79 Å². The van der Waals surface area contributed by atoms with Crippen molar-refractivity contribution in [1.29, 1.82) is 0 Å². The molecular weight excluding hydrogens is 266 g/mol. The van der Waals surface area contributed by atoms with Crippen LogP contribution in [0.3, 0.4) is 0 Å². The summed E-state index contributed by atoms with van der Waals surface area (Å²) < 4.78 is 10.8. The summed E-state index contributed by atoms with van der Waals surface area (Å²) >= 11 is 0. The molecule has 1 aliphatic heterocycles. The molecule has 0 radical (unpaired) electrons. The molecule has 0 aromatic heterocycles. The van der Waals surface area contributed by atoms with Crippen molar-refractivity contribution in [2.24, 2.45) is 0 Å². The normalized spacial score (nSPS) is 15.7. The van der Waals surface area contributed by atoms with E-state index in [1.165, 1.54) is 0 Å². The Labute approximate surface area is 126 Å². The molecule has 0 atom stereocenters. The van der Waals surface area contributed by atoms with Crippen molar-refractivity contribution in [2.75, 3.05) is 26.3 Å². The summed E-state index contributed by atoms with van der Waals surface area (Å²) in [7, 11) is 0. The molecule has 1 aromatic rings. The lowest BCUT2D eigenvalue weighted by Crippen LogP contribution is -2.33. The van der Waals surface area contributed by atoms with Gasteiger partial charge in [-0.05, 0) is 31.5 Å². The Morgan fingerprint density at radius 1 is 1.29 bits per heavy atom. The number of allylic oxidation sites excluding steroid dienone is 1. The van der Waals surface area contributed by atoms with Crippen LogP contribution in [-0.4, -0.2) is 43.4 Å². The Morgan fingerprint density at radius 2 is 1.95 bits per heavy atom. The second-order valence-electron chi connectivity index (χ2n) is 4.97. The Balaban J connectivity index is 1.94. The van der Waals surface area contributed by atoms with Gasteiger partial charge < -0.3 is 14.4 Å². The predicted molar refractivity (Wildman–Crippen MR) is 83.0 cm³/mol. The Morgan fingerprint density at radius 3 is 2.52 bits per heavy atom. The Bertz CT molecular complexity index is 475. The Hall–Kier alpha value is -1.65. The first-order valence-electron chi connectivity index (χ1n) is 7.50. The lowest BCUT2D eigenvalue weighted by atomic mass is 10.1. The molecule has 0 unspecified atom stereocenters. The number of carbonyl (C=O) groups is 1. The molecule has 1 amide bonds.